The van der Waals surface area contributed by atoms with Crippen molar-refractivity contribution < 1.29 is 0 Å². The van der Waals surface area contributed by atoms with E-state index in [-0.39, 0.29) is 0 Å². The zero-order valence-corrected chi connectivity index (χ0v) is 11.9. The molecule has 0 aliphatic carbocycles. The molecular formula is C13H20N8. The Hall–Kier alpha value is -1.93. The smallest absolute Gasteiger partial charge is 0.241 e. The lowest BCUT2D eigenvalue weighted by atomic mass is 10.2. The molecule has 2 fully saturated rings. The number of H-pyrrole nitrogens is 1. The Kier molecular flexibility index (Phi) is 3.12. The quantitative estimate of drug-likeness (QED) is 0.552. The highest BCUT2D eigenvalue weighted by Crippen LogP contribution is 2.29. The van der Waals surface area contributed by atoms with Crippen LogP contribution in [0.4, 0.5) is 11.8 Å². The molecule has 2 aromatic rings. The predicted molar refractivity (Wildman–Crippen MR) is 80.9 cm³/mol. The molecule has 0 radical (unpaired) electrons. The van der Waals surface area contributed by atoms with Crippen LogP contribution in [0.1, 0.15) is 19.3 Å². The Morgan fingerprint density at radius 3 is 2.90 bits per heavy atom. The molecule has 4 rings (SSSR count). The number of nitrogens with two attached hydrogens (primary N) is 1. The van der Waals surface area contributed by atoms with Crippen LogP contribution >= 0.6 is 0 Å². The van der Waals surface area contributed by atoms with Crippen LogP contribution in [0.5, 0.6) is 0 Å². The van der Waals surface area contributed by atoms with Crippen LogP contribution in [0.3, 0.4) is 0 Å². The van der Waals surface area contributed by atoms with Crippen molar-refractivity contribution in [1.29, 1.82) is 0 Å². The van der Waals surface area contributed by atoms with Crippen molar-refractivity contribution in [3.05, 3.63) is 6.20 Å². The summed E-state index contributed by atoms with van der Waals surface area (Å²) in [6.07, 6.45) is 5.64. The summed E-state index contributed by atoms with van der Waals surface area (Å²) in [7, 11) is 0. The van der Waals surface area contributed by atoms with Crippen molar-refractivity contribution in [2.45, 2.75) is 25.3 Å². The van der Waals surface area contributed by atoms with E-state index in [4.69, 9.17) is 5.84 Å². The first-order valence-corrected chi connectivity index (χ1v) is 7.52. The molecule has 0 amide bonds. The molecule has 0 bridgehead atoms. The number of aromatic nitrogens is 4. The Balaban J connectivity index is 1.62. The summed E-state index contributed by atoms with van der Waals surface area (Å²) in [4.78, 5) is 13.7. The van der Waals surface area contributed by atoms with Crippen molar-refractivity contribution in [2.75, 3.05) is 36.5 Å². The highest BCUT2D eigenvalue weighted by atomic mass is 15.3. The zero-order chi connectivity index (χ0) is 14.2. The first-order valence-electron chi connectivity index (χ1n) is 7.52. The Morgan fingerprint density at radius 1 is 1.24 bits per heavy atom. The maximum atomic E-state index is 5.47. The van der Waals surface area contributed by atoms with Gasteiger partial charge in [-0.05, 0) is 32.4 Å². The summed E-state index contributed by atoms with van der Waals surface area (Å²) < 4.78 is 0. The summed E-state index contributed by atoms with van der Waals surface area (Å²) in [6, 6.07) is 0.638. The van der Waals surface area contributed by atoms with Gasteiger partial charge in [0.1, 0.15) is 5.82 Å². The van der Waals surface area contributed by atoms with E-state index < -0.39 is 0 Å². The number of fused-ring (bicyclic) bond motifs is 1. The van der Waals surface area contributed by atoms with Crippen LogP contribution < -0.4 is 16.2 Å². The van der Waals surface area contributed by atoms with Gasteiger partial charge in [0.2, 0.25) is 5.95 Å². The number of nitrogens with one attached hydrogen (secondary N) is 2. The van der Waals surface area contributed by atoms with Gasteiger partial charge in [-0.15, -0.1) is 0 Å². The molecule has 4 N–H and O–H groups in total. The largest absolute Gasteiger partial charge is 0.354 e. The summed E-state index contributed by atoms with van der Waals surface area (Å²) in [5.41, 5.74) is 3.25. The summed E-state index contributed by atoms with van der Waals surface area (Å²) in [5.74, 6) is 6.81. The van der Waals surface area contributed by atoms with Gasteiger partial charge in [0.15, 0.2) is 5.65 Å². The van der Waals surface area contributed by atoms with Gasteiger partial charge in [-0.3, -0.25) is 15.4 Å². The molecule has 8 heteroatoms. The lowest BCUT2D eigenvalue weighted by molar-refractivity contribution is 0.260. The third-order valence-electron chi connectivity index (χ3n) is 4.54. The standard InChI is InChI=1S/C13H20N8/c14-18-13-16-11-10(7-15-19-11)12(17-13)21-6-3-9(8-21)20-4-1-2-5-20/h7,9H,1-6,8,14H2,(H2,15,16,17,18,19). The topological polar surface area (TPSA) is 99.0 Å². The number of nitrogen functional groups attached to an aromatic ring is 1. The average Bonchev–Trinajstić information content (AvgIpc) is 3.24. The fraction of sp³-hybridized carbons (Fsp3) is 0.615. The molecule has 0 aromatic carbocycles. The van der Waals surface area contributed by atoms with Crippen molar-refractivity contribution in [1.82, 2.24) is 25.1 Å². The number of anilines is 2. The van der Waals surface area contributed by atoms with E-state index in [1.165, 1.54) is 32.4 Å². The molecule has 0 saturated carbocycles. The van der Waals surface area contributed by atoms with Crippen molar-refractivity contribution in [3.63, 3.8) is 0 Å². The number of hydrogen-bond acceptors (Lipinski definition) is 7. The Labute approximate surface area is 122 Å². The van der Waals surface area contributed by atoms with Crippen LogP contribution in [0, 0.1) is 0 Å². The van der Waals surface area contributed by atoms with E-state index >= 15 is 0 Å². The second kappa shape index (κ2) is 5.12. The maximum Gasteiger partial charge on any atom is 0.241 e. The van der Waals surface area contributed by atoms with Crippen molar-refractivity contribution in [3.8, 4) is 0 Å². The minimum absolute atomic E-state index is 0.423. The number of hydrogen-bond donors (Lipinski definition) is 3. The fourth-order valence-corrected chi connectivity index (χ4v) is 3.46. The predicted octanol–water partition coefficient (Wildman–Crippen LogP) is 0.313. The molecule has 0 spiro atoms. The van der Waals surface area contributed by atoms with Gasteiger partial charge >= 0.3 is 0 Å². The average molecular weight is 288 g/mol. The van der Waals surface area contributed by atoms with Crippen molar-refractivity contribution in [2.24, 2.45) is 5.84 Å². The van der Waals surface area contributed by atoms with E-state index in [1.807, 2.05) is 0 Å². The summed E-state index contributed by atoms with van der Waals surface area (Å²) in [5, 5.41) is 7.92. The molecule has 21 heavy (non-hydrogen) atoms. The molecule has 4 heterocycles. The van der Waals surface area contributed by atoms with E-state index in [1.54, 1.807) is 6.20 Å². The lowest BCUT2D eigenvalue weighted by Gasteiger charge is -2.24. The number of hydrazine groups is 1. The van der Waals surface area contributed by atoms with Gasteiger partial charge in [-0.25, -0.2) is 5.84 Å². The second-order valence-electron chi connectivity index (χ2n) is 5.78. The molecule has 2 saturated heterocycles. The zero-order valence-electron chi connectivity index (χ0n) is 11.9. The maximum absolute atomic E-state index is 5.47. The van der Waals surface area contributed by atoms with Crippen LogP contribution in [0.15, 0.2) is 6.20 Å². The van der Waals surface area contributed by atoms with E-state index in [0.29, 0.717) is 12.0 Å². The highest BCUT2D eigenvalue weighted by molar-refractivity contribution is 5.87. The fourth-order valence-electron chi connectivity index (χ4n) is 3.46. The van der Waals surface area contributed by atoms with Crippen LogP contribution in [-0.2, 0) is 0 Å². The number of aromatic amines is 1. The minimum atomic E-state index is 0.423. The Bertz CT molecular complexity index is 632. The van der Waals surface area contributed by atoms with Gasteiger partial charge in [0.25, 0.3) is 0 Å². The highest BCUT2D eigenvalue weighted by Gasteiger charge is 2.31. The summed E-state index contributed by atoms with van der Waals surface area (Å²) >= 11 is 0. The molecular weight excluding hydrogens is 268 g/mol. The molecule has 2 aliphatic rings. The van der Waals surface area contributed by atoms with Gasteiger partial charge in [-0.1, -0.05) is 0 Å². The second-order valence-corrected chi connectivity index (χ2v) is 5.78. The molecule has 8 nitrogen and oxygen atoms in total. The number of likely N-dealkylation sites (tertiary alicyclic amines) is 1. The van der Waals surface area contributed by atoms with E-state index in [0.717, 1.165) is 29.9 Å². The van der Waals surface area contributed by atoms with E-state index in [2.05, 4.69) is 35.4 Å². The molecule has 2 aromatic heterocycles. The van der Waals surface area contributed by atoms with Crippen LogP contribution in [0.25, 0.3) is 11.0 Å². The van der Waals surface area contributed by atoms with Crippen LogP contribution in [0.2, 0.25) is 0 Å². The molecule has 112 valence electrons. The third kappa shape index (κ3) is 2.20. The van der Waals surface area contributed by atoms with Crippen LogP contribution in [-0.4, -0.2) is 57.3 Å². The number of rotatable bonds is 3. The lowest BCUT2D eigenvalue weighted by Crippen LogP contribution is -2.35. The van der Waals surface area contributed by atoms with Gasteiger partial charge in [-0.2, -0.15) is 15.1 Å². The van der Waals surface area contributed by atoms with Gasteiger partial charge < -0.3 is 4.90 Å². The normalized spacial score (nSPS) is 23.3. The molecule has 2 aliphatic heterocycles. The third-order valence-corrected chi connectivity index (χ3v) is 4.54. The van der Waals surface area contributed by atoms with Gasteiger partial charge in [0, 0.05) is 19.1 Å². The first kappa shape index (κ1) is 12.8. The molecule has 1 unspecified atom stereocenters. The van der Waals surface area contributed by atoms with Crippen molar-refractivity contribution >= 4 is 22.8 Å². The Morgan fingerprint density at radius 2 is 2.10 bits per heavy atom. The SMILES string of the molecule is NNc1nc(N2CCC(N3CCCC3)C2)c2cn[nH]c2n1. The first-order chi connectivity index (χ1) is 10.3. The minimum Gasteiger partial charge on any atom is -0.354 e. The van der Waals surface area contributed by atoms with Gasteiger partial charge in [0.05, 0.1) is 11.6 Å². The monoisotopic (exact) mass is 288 g/mol. The number of nitrogens with zero attached hydrogens (tertiary/aromatic N) is 5. The summed E-state index contributed by atoms with van der Waals surface area (Å²) in [6.45, 7) is 4.50. The van der Waals surface area contributed by atoms with E-state index in [9.17, 15) is 0 Å². The molecule has 1 atom stereocenters.